The lowest BCUT2D eigenvalue weighted by atomic mass is 10.0. The van der Waals surface area contributed by atoms with Crippen LogP contribution in [0.3, 0.4) is 0 Å². The van der Waals surface area contributed by atoms with Crippen molar-refractivity contribution in [3.63, 3.8) is 0 Å². The normalized spacial score (nSPS) is 22.6. The molecular formula is C26H32ClN3O. The minimum atomic E-state index is 0.666. The first-order chi connectivity index (χ1) is 15.2. The molecule has 0 amide bonds. The van der Waals surface area contributed by atoms with Crippen LogP contribution in [0.4, 0.5) is 5.69 Å². The number of hydrogen-bond acceptors (Lipinski definition) is 4. The van der Waals surface area contributed by atoms with Crippen LogP contribution < -0.4 is 9.64 Å². The third-order valence-electron chi connectivity index (χ3n) is 6.94. The number of fused-ring (bicyclic) bond motifs is 1. The maximum Gasteiger partial charge on any atom is 0.127 e. The van der Waals surface area contributed by atoms with E-state index in [9.17, 15) is 0 Å². The molecule has 0 saturated carbocycles. The predicted octanol–water partition coefficient (Wildman–Crippen LogP) is 4.71. The molecule has 1 atom stereocenters. The number of likely N-dealkylation sites (tertiary alicyclic amines) is 1. The number of para-hydroxylation sites is 1. The van der Waals surface area contributed by atoms with E-state index in [4.69, 9.17) is 16.3 Å². The highest BCUT2D eigenvalue weighted by atomic mass is 35.5. The molecule has 2 aromatic rings. The topological polar surface area (TPSA) is 19.0 Å². The highest BCUT2D eigenvalue weighted by molar-refractivity contribution is 6.30. The molecule has 0 unspecified atom stereocenters. The Bertz CT molecular complexity index is 951. The van der Waals surface area contributed by atoms with Crippen LogP contribution in [0.15, 0.2) is 48.0 Å². The van der Waals surface area contributed by atoms with Crippen molar-refractivity contribution in [3.05, 3.63) is 64.2 Å². The van der Waals surface area contributed by atoms with Gasteiger partial charge in [-0.2, -0.15) is 0 Å². The standard InChI is InChI=1S/C26H32ClN3O/c1-20-5-2-3-7-25(20)30-13-11-29(12-14-30)24-6-4-10-28(18-24)17-21-15-22-16-23(27)8-9-26(22)31-19-21/h2-3,5,7-9,15-16,24H,4,6,10-14,17-19H2,1H3/t24-/m0/s1. The van der Waals surface area contributed by atoms with Crippen LogP contribution in [0, 0.1) is 6.92 Å². The lowest BCUT2D eigenvalue weighted by Crippen LogP contribution is -2.55. The first-order valence-electron chi connectivity index (χ1n) is 11.5. The van der Waals surface area contributed by atoms with Crippen LogP contribution in [0.25, 0.3) is 6.08 Å². The van der Waals surface area contributed by atoms with Gasteiger partial charge >= 0.3 is 0 Å². The van der Waals surface area contributed by atoms with E-state index < -0.39 is 0 Å². The third kappa shape index (κ3) is 4.77. The van der Waals surface area contributed by atoms with Crippen LogP contribution in [0.1, 0.15) is 24.0 Å². The second-order valence-corrected chi connectivity index (χ2v) is 9.55. The Morgan fingerprint density at radius 1 is 1.03 bits per heavy atom. The van der Waals surface area contributed by atoms with Crippen LogP contribution in [-0.4, -0.2) is 68.3 Å². The molecule has 31 heavy (non-hydrogen) atoms. The summed E-state index contributed by atoms with van der Waals surface area (Å²) in [7, 11) is 0. The monoisotopic (exact) mass is 437 g/mol. The number of aryl methyl sites for hydroxylation is 1. The Kier molecular flexibility index (Phi) is 6.22. The Morgan fingerprint density at radius 3 is 2.71 bits per heavy atom. The predicted molar refractivity (Wildman–Crippen MR) is 129 cm³/mol. The summed E-state index contributed by atoms with van der Waals surface area (Å²) in [5, 5.41) is 0.766. The van der Waals surface area contributed by atoms with Crippen molar-refractivity contribution >= 4 is 23.4 Å². The van der Waals surface area contributed by atoms with Crippen molar-refractivity contribution in [2.24, 2.45) is 0 Å². The van der Waals surface area contributed by atoms with E-state index in [-0.39, 0.29) is 0 Å². The number of piperidine rings is 1. The lowest BCUT2D eigenvalue weighted by molar-refractivity contribution is 0.0964. The number of halogens is 1. The number of rotatable bonds is 4. The molecule has 164 valence electrons. The van der Waals surface area contributed by atoms with E-state index in [1.165, 1.54) is 36.2 Å². The lowest BCUT2D eigenvalue weighted by Gasteiger charge is -2.44. The first kappa shape index (κ1) is 20.9. The highest BCUT2D eigenvalue weighted by Gasteiger charge is 2.29. The largest absolute Gasteiger partial charge is 0.489 e. The minimum absolute atomic E-state index is 0.666. The summed E-state index contributed by atoms with van der Waals surface area (Å²) in [6.07, 6.45) is 4.86. The van der Waals surface area contributed by atoms with Gasteiger partial charge in [-0.05, 0) is 67.8 Å². The number of hydrogen-bond donors (Lipinski definition) is 0. The Morgan fingerprint density at radius 2 is 1.87 bits per heavy atom. The van der Waals surface area contributed by atoms with Crippen molar-refractivity contribution in [1.29, 1.82) is 0 Å². The second-order valence-electron chi connectivity index (χ2n) is 9.11. The number of nitrogens with zero attached hydrogens (tertiary/aromatic N) is 3. The summed E-state index contributed by atoms with van der Waals surface area (Å²) in [4.78, 5) is 7.90. The van der Waals surface area contributed by atoms with Crippen LogP contribution in [0.5, 0.6) is 5.75 Å². The van der Waals surface area contributed by atoms with Crippen LogP contribution >= 0.6 is 11.6 Å². The van der Waals surface area contributed by atoms with Crippen molar-refractivity contribution in [1.82, 2.24) is 9.80 Å². The number of benzene rings is 2. The summed E-state index contributed by atoms with van der Waals surface area (Å²) >= 11 is 6.18. The van der Waals surface area contributed by atoms with Gasteiger partial charge in [-0.15, -0.1) is 0 Å². The number of piperazine rings is 1. The summed E-state index contributed by atoms with van der Waals surface area (Å²) < 4.78 is 5.97. The van der Waals surface area contributed by atoms with Crippen LogP contribution in [-0.2, 0) is 0 Å². The van der Waals surface area contributed by atoms with E-state index in [2.05, 4.69) is 52.0 Å². The van der Waals surface area contributed by atoms with Crippen molar-refractivity contribution in [2.75, 3.05) is 57.3 Å². The average Bonchev–Trinajstić information content (AvgIpc) is 2.79. The van der Waals surface area contributed by atoms with Gasteiger partial charge in [0, 0.05) is 61.6 Å². The van der Waals surface area contributed by atoms with Gasteiger partial charge < -0.3 is 9.64 Å². The maximum absolute atomic E-state index is 6.18. The molecule has 2 fully saturated rings. The molecule has 3 heterocycles. The van der Waals surface area contributed by atoms with Crippen molar-refractivity contribution in [2.45, 2.75) is 25.8 Å². The van der Waals surface area contributed by atoms with E-state index in [1.807, 2.05) is 18.2 Å². The molecule has 0 bridgehead atoms. The molecule has 5 heteroatoms. The molecule has 0 radical (unpaired) electrons. The quantitative estimate of drug-likeness (QED) is 0.689. The smallest absolute Gasteiger partial charge is 0.127 e. The summed E-state index contributed by atoms with van der Waals surface area (Å²) in [6, 6.07) is 15.3. The molecule has 4 nitrogen and oxygen atoms in total. The Balaban J connectivity index is 1.17. The molecule has 2 aromatic carbocycles. The number of anilines is 1. The SMILES string of the molecule is Cc1ccccc1N1CCN([C@H]2CCCN(CC3=Cc4cc(Cl)ccc4OC3)C2)CC1. The number of ether oxygens (including phenoxy) is 1. The third-order valence-corrected chi connectivity index (χ3v) is 7.17. The fourth-order valence-electron chi connectivity index (χ4n) is 5.29. The van der Waals surface area contributed by atoms with Crippen LogP contribution in [0.2, 0.25) is 5.02 Å². The average molecular weight is 438 g/mol. The first-order valence-corrected chi connectivity index (χ1v) is 11.9. The Labute approximate surface area is 191 Å². The van der Waals surface area contributed by atoms with Crippen molar-refractivity contribution in [3.8, 4) is 5.75 Å². The van der Waals surface area contributed by atoms with E-state index in [1.54, 1.807) is 0 Å². The summed E-state index contributed by atoms with van der Waals surface area (Å²) in [5.74, 6) is 0.941. The molecule has 5 rings (SSSR count). The molecule has 0 spiro atoms. The second kappa shape index (κ2) is 9.23. The molecule has 0 aliphatic carbocycles. The van der Waals surface area contributed by atoms with Gasteiger partial charge in [0.2, 0.25) is 0 Å². The molecule has 3 aliphatic heterocycles. The molecule has 3 aliphatic rings. The van der Waals surface area contributed by atoms with E-state index in [0.29, 0.717) is 12.6 Å². The summed E-state index contributed by atoms with van der Waals surface area (Å²) in [6.45, 7) is 10.8. The van der Waals surface area contributed by atoms with Gasteiger partial charge in [-0.1, -0.05) is 29.8 Å². The van der Waals surface area contributed by atoms with Crippen molar-refractivity contribution < 1.29 is 4.74 Å². The summed E-state index contributed by atoms with van der Waals surface area (Å²) in [5.41, 5.74) is 5.23. The Hall–Kier alpha value is -2.01. The van der Waals surface area contributed by atoms with Gasteiger partial charge in [-0.25, -0.2) is 0 Å². The van der Waals surface area contributed by atoms with Gasteiger partial charge in [0.1, 0.15) is 12.4 Å². The molecule has 2 saturated heterocycles. The van der Waals surface area contributed by atoms with Gasteiger partial charge in [-0.3, -0.25) is 9.80 Å². The van der Waals surface area contributed by atoms with Gasteiger partial charge in [0.25, 0.3) is 0 Å². The van der Waals surface area contributed by atoms with Gasteiger partial charge in [0.15, 0.2) is 0 Å². The fourth-order valence-corrected chi connectivity index (χ4v) is 5.47. The highest BCUT2D eigenvalue weighted by Crippen LogP contribution is 2.30. The molecular weight excluding hydrogens is 406 g/mol. The van der Waals surface area contributed by atoms with E-state index >= 15 is 0 Å². The molecule has 0 aromatic heterocycles. The van der Waals surface area contributed by atoms with Gasteiger partial charge in [0.05, 0.1) is 0 Å². The molecule has 0 N–H and O–H groups in total. The minimum Gasteiger partial charge on any atom is -0.489 e. The van der Waals surface area contributed by atoms with E-state index in [0.717, 1.165) is 55.6 Å². The zero-order valence-electron chi connectivity index (χ0n) is 18.4. The zero-order valence-corrected chi connectivity index (χ0v) is 19.2. The maximum atomic E-state index is 6.18. The zero-order chi connectivity index (χ0) is 21.2. The fraction of sp³-hybridized carbons (Fsp3) is 0.462.